The molecule has 0 saturated carbocycles. The van der Waals surface area contributed by atoms with Crippen molar-refractivity contribution >= 4 is 22.5 Å². The smallest absolute Gasteiger partial charge is 0.248 e. The summed E-state index contributed by atoms with van der Waals surface area (Å²) in [5, 5.41) is 3.91. The Morgan fingerprint density at radius 1 is 1.09 bits per heavy atom. The Balaban J connectivity index is 2.40. The first-order valence-corrected chi connectivity index (χ1v) is 7.93. The number of aromatic amines is 1. The summed E-state index contributed by atoms with van der Waals surface area (Å²) < 4.78 is 0. The van der Waals surface area contributed by atoms with Gasteiger partial charge in [0.25, 0.3) is 0 Å². The van der Waals surface area contributed by atoms with Crippen LogP contribution in [0.5, 0.6) is 0 Å². The van der Waals surface area contributed by atoms with Crippen LogP contribution in [0.2, 0.25) is 0 Å². The molecular formula is C19H26N2O2. The van der Waals surface area contributed by atoms with E-state index in [0.29, 0.717) is 12.1 Å². The number of rotatable bonds is 2. The minimum absolute atomic E-state index is 0.0221. The third-order valence-electron chi connectivity index (χ3n) is 3.63. The van der Waals surface area contributed by atoms with E-state index in [1.807, 2.05) is 39.0 Å². The van der Waals surface area contributed by atoms with Crippen LogP contribution in [-0.4, -0.2) is 10.9 Å². The molecule has 0 aliphatic carbocycles. The average Bonchev–Trinajstić information content (AvgIpc) is 2.33. The van der Waals surface area contributed by atoms with Crippen molar-refractivity contribution in [3.8, 4) is 0 Å². The molecule has 0 atom stereocenters. The summed E-state index contributed by atoms with van der Waals surface area (Å²) in [7, 11) is 0. The first kappa shape index (κ1) is 17.3. The molecule has 1 heterocycles. The van der Waals surface area contributed by atoms with E-state index >= 15 is 0 Å². The van der Waals surface area contributed by atoms with Gasteiger partial charge in [-0.2, -0.15) is 0 Å². The number of pyridine rings is 1. The minimum Gasteiger partial charge on any atom is -0.326 e. The van der Waals surface area contributed by atoms with Crippen LogP contribution < -0.4 is 10.9 Å². The Kier molecular flexibility index (Phi) is 4.38. The number of H-pyrrole nitrogens is 1. The zero-order valence-electron chi connectivity index (χ0n) is 14.8. The van der Waals surface area contributed by atoms with Gasteiger partial charge in [0.1, 0.15) is 0 Å². The average molecular weight is 314 g/mol. The standard InChI is InChI=1S/C19H26N2O2/c1-18(2,3)11-17(23)20-12-7-8-13-14(19(4,5)6)10-16(22)21-15(13)9-12/h7-10H,11H2,1-6H3,(H,20,23)(H,21,22). The van der Waals surface area contributed by atoms with Gasteiger partial charge in [-0.05, 0) is 28.5 Å². The van der Waals surface area contributed by atoms with Gasteiger partial charge in [-0.1, -0.05) is 47.6 Å². The van der Waals surface area contributed by atoms with E-state index in [4.69, 9.17) is 0 Å². The fourth-order valence-electron chi connectivity index (χ4n) is 2.65. The van der Waals surface area contributed by atoms with Gasteiger partial charge in [-0.25, -0.2) is 0 Å². The Morgan fingerprint density at radius 2 is 1.74 bits per heavy atom. The highest BCUT2D eigenvalue weighted by molar-refractivity contribution is 5.94. The first-order valence-electron chi connectivity index (χ1n) is 7.93. The van der Waals surface area contributed by atoms with Gasteiger partial charge in [0.2, 0.25) is 11.5 Å². The second kappa shape index (κ2) is 5.84. The molecule has 2 rings (SSSR count). The van der Waals surface area contributed by atoms with E-state index in [9.17, 15) is 9.59 Å². The van der Waals surface area contributed by atoms with Crippen molar-refractivity contribution in [3.63, 3.8) is 0 Å². The molecule has 0 bridgehead atoms. The Morgan fingerprint density at radius 3 is 2.30 bits per heavy atom. The molecule has 1 amide bonds. The second-order valence-electron chi connectivity index (χ2n) is 8.34. The van der Waals surface area contributed by atoms with Crippen molar-refractivity contribution in [3.05, 3.63) is 40.2 Å². The predicted octanol–water partition coefficient (Wildman–Crippen LogP) is 4.20. The number of nitrogens with one attached hydrogen (secondary N) is 2. The van der Waals surface area contributed by atoms with E-state index in [0.717, 1.165) is 16.5 Å². The van der Waals surface area contributed by atoms with E-state index in [1.165, 1.54) is 0 Å². The molecule has 0 fully saturated rings. The van der Waals surface area contributed by atoms with E-state index in [2.05, 4.69) is 31.1 Å². The maximum absolute atomic E-state index is 12.1. The summed E-state index contributed by atoms with van der Waals surface area (Å²) >= 11 is 0. The third kappa shape index (κ3) is 4.44. The lowest BCUT2D eigenvalue weighted by Crippen LogP contribution is -2.20. The lowest BCUT2D eigenvalue weighted by atomic mass is 9.85. The van der Waals surface area contributed by atoms with Crippen molar-refractivity contribution in [1.82, 2.24) is 4.98 Å². The van der Waals surface area contributed by atoms with Gasteiger partial charge in [-0.3, -0.25) is 9.59 Å². The quantitative estimate of drug-likeness (QED) is 0.872. The largest absolute Gasteiger partial charge is 0.326 e. The van der Waals surface area contributed by atoms with Gasteiger partial charge in [0, 0.05) is 23.6 Å². The Bertz CT molecular complexity index is 790. The molecule has 2 N–H and O–H groups in total. The summed E-state index contributed by atoms with van der Waals surface area (Å²) in [4.78, 5) is 26.9. The highest BCUT2D eigenvalue weighted by Gasteiger charge is 2.19. The van der Waals surface area contributed by atoms with Crippen molar-refractivity contribution in [1.29, 1.82) is 0 Å². The molecule has 2 aromatic rings. The number of benzene rings is 1. The van der Waals surface area contributed by atoms with Crippen LogP contribution in [0.1, 0.15) is 53.5 Å². The zero-order valence-corrected chi connectivity index (χ0v) is 14.8. The molecule has 0 radical (unpaired) electrons. The monoisotopic (exact) mass is 314 g/mol. The van der Waals surface area contributed by atoms with Crippen LogP contribution in [0.3, 0.4) is 0 Å². The van der Waals surface area contributed by atoms with Crippen molar-refractivity contribution in [2.45, 2.75) is 53.4 Å². The van der Waals surface area contributed by atoms with Gasteiger partial charge >= 0.3 is 0 Å². The Labute approximate surface area is 137 Å². The number of hydrogen-bond donors (Lipinski definition) is 2. The van der Waals surface area contributed by atoms with Crippen LogP contribution >= 0.6 is 0 Å². The van der Waals surface area contributed by atoms with Crippen LogP contribution in [0.15, 0.2) is 29.1 Å². The molecule has 0 aliphatic rings. The Hall–Kier alpha value is -2.10. The number of amides is 1. The summed E-state index contributed by atoms with van der Waals surface area (Å²) in [6, 6.07) is 7.32. The van der Waals surface area contributed by atoms with Crippen LogP contribution in [0, 0.1) is 5.41 Å². The normalized spacial score (nSPS) is 12.4. The molecule has 1 aromatic carbocycles. The molecule has 4 heteroatoms. The van der Waals surface area contributed by atoms with Crippen molar-refractivity contribution in [2.75, 3.05) is 5.32 Å². The number of anilines is 1. The summed E-state index contributed by atoms with van der Waals surface area (Å²) in [6.45, 7) is 12.3. The van der Waals surface area contributed by atoms with E-state index in [-0.39, 0.29) is 22.3 Å². The van der Waals surface area contributed by atoms with Crippen molar-refractivity contribution in [2.24, 2.45) is 5.41 Å². The number of hydrogen-bond acceptors (Lipinski definition) is 2. The number of carbonyl (C=O) groups excluding carboxylic acids is 1. The molecule has 0 aliphatic heterocycles. The molecule has 0 spiro atoms. The molecule has 1 aromatic heterocycles. The summed E-state index contributed by atoms with van der Waals surface area (Å²) in [6.07, 6.45) is 0.448. The molecule has 124 valence electrons. The highest BCUT2D eigenvalue weighted by atomic mass is 16.1. The zero-order chi connectivity index (χ0) is 17.4. The van der Waals surface area contributed by atoms with Gasteiger partial charge in [-0.15, -0.1) is 0 Å². The number of fused-ring (bicyclic) bond motifs is 1. The van der Waals surface area contributed by atoms with Gasteiger partial charge in [0.05, 0.1) is 5.52 Å². The molecule has 0 saturated heterocycles. The SMILES string of the molecule is CC(C)(C)CC(=O)Nc1ccc2c(C(C)(C)C)cc(=O)[nH]c2c1. The topological polar surface area (TPSA) is 62.0 Å². The van der Waals surface area contributed by atoms with Gasteiger partial charge < -0.3 is 10.3 Å². The second-order valence-corrected chi connectivity index (χ2v) is 8.34. The fourth-order valence-corrected chi connectivity index (χ4v) is 2.65. The lowest BCUT2D eigenvalue weighted by Gasteiger charge is -2.21. The van der Waals surface area contributed by atoms with E-state index < -0.39 is 0 Å². The fraction of sp³-hybridized carbons (Fsp3) is 0.474. The summed E-state index contributed by atoms with van der Waals surface area (Å²) in [5.41, 5.74) is 2.15. The van der Waals surface area contributed by atoms with Crippen molar-refractivity contribution < 1.29 is 4.79 Å². The van der Waals surface area contributed by atoms with Crippen LogP contribution in [0.4, 0.5) is 5.69 Å². The predicted molar refractivity (Wildman–Crippen MR) is 96.0 cm³/mol. The summed E-state index contributed by atoms with van der Waals surface area (Å²) in [5.74, 6) is -0.0221. The maximum Gasteiger partial charge on any atom is 0.248 e. The van der Waals surface area contributed by atoms with Crippen LogP contribution in [-0.2, 0) is 10.2 Å². The number of aromatic nitrogens is 1. The molecule has 4 nitrogen and oxygen atoms in total. The highest BCUT2D eigenvalue weighted by Crippen LogP contribution is 2.29. The lowest BCUT2D eigenvalue weighted by molar-refractivity contribution is -0.117. The van der Waals surface area contributed by atoms with Gasteiger partial charge in [0.15, 0.2) is 0 Å². The molecular weight excluding hydrogens is 288 g/mol. The molecule has 0 unspecified atom stereocenters. The minimum atomic E-state index is -0.124. The van der Waals surface area contributed by atoms with E-state index in [1.54, 1.807) is 6.07 Å². The molecule has 23 heavy (non-hydrogen) atoms. The van der Waals surface area contributed by atoms with Crippen LogP contribution in [0.25, 0.3) is 10.9 Å². The number of carbonyl (C=O) groups is 1. The first-order chi connectivity index (χ1) is 10.5. The maximum atomic E-state index is 12.1. The third-order valence-corrected chi connectivity index (χ3v) is 3.63.